The molecular weight excluding hydrogens is 190 g/mol. The molecule has 0 amide bonds. The van der Waals surface area contributed by atoms with Gasteiger partial charge in [0.2, 0.25) is 0 Å². The molecule has 3 nitrogen and oxygen atoms in total. The Morgan fingerprint density at radius 3 is 2.40 bits per heavy atom. The lowest BCUT2D eigenvalue weighted by Crippen LogP contribution is -2.32. The van der Waals surface area contributed by atoms with Crippen molar-refractivity contribution in [2.45, 2.75) is 18.9 Å². The molecule has 1 atom stereocenters. The van der Waals surface area contributed by atoms with Crippen LogP contribution >= 0.6 is 0 Å². The highest BCUT2D eigenvalue weighted by molar-refractivity contribution is 5.67. The van der Waals surface area contributed by atoms with E-state index in [-0.39, 0.29) is 12.5 Å². The first-order valence-corrected chi connectivity index (χ1v) is 5.01. The molecule has 0 aliphatic rings. The minimum Gasteiger partial charge on any atom is -0.481 e. The maximum Gasteiger partial charge on any atom is 0.304 e. The van der Waals surface area contributed by atoms with Gasteiger partial charge in [0.15, 0.2) is 0 Å². The van der Waals surface area contributed by atoms with Crippen LogP contribution in [0, 0.1) is 0 Å². The molecule has 0 fully saturated rings. The molecule has 1 aromatic rings. The van der Waals surface area contributed by atoms with E-state index in [2.05, 4.69) is 0 Å². The van der Waals surface area contributed by atoms with Gasteiger partial charge in [0.25, 0.3) is 0 Å². The number of carboxylic acid groups (broad SMARTS) is 1. The number of hydrogen-bond donors (Lipinski definition) is 1. The molecule has 15 heavy (non-hydrogen) atoms. The molecule has 0 spiro atoms. The standard InChI is InChI=1S/C12H17NO2/c1-13(2)11(9-12(14)15)8-10-6-4-3-5-7-10/h3-7,11H,8-9H2,1-2H3,(H,14,15). The monoisotopic (exact) mass is 207 g/mol. The minimum atomic E-state index is -0.746. The van der Waals surface area contributed by atoms with Crippen molar-refractivity contribution >= 4 is 5.97 Å². The van der Waals surface area contributed by atoms with Crippen LogP contribution in [-0.2, 0) is 11.2 Å². The number of aliphatic carboxylic acids is 1. The lowest BCUT2D eigenvalue weighted by molar-refractivity contribution is -0.138. The molecule has 0 bridgehead atoms. The summed E-state index contributed by atoms with van der Waals surface area (Å²) in [6.45, 7) is 0. The topological polar surface area (TPSA) is 40.5 Å². The first-order valence-electron chi connectivity index (χ1n) is 5.01. The Bertz CT molecular complexity index is 309. The maximum atomic E-state index is 10.7. The van der Waals surface area contributed by atoms with Gasteiger partial charge in [-0.1, -0.05) is 30.3 Å². The molecule has 0 aliphatic heterocycles. The quantitative estimate of drug-likeness (QED) is 0.797. The highest BCUT2D eigenvalue weighted by Crippen LogP contribution is 2.09. The van der Waals surface area contributed by atoms with E-state index < -0.39 is 5.97 Å². The summed E-state index contributed by atoms with van der Waals surface area (Å²) in [6, 6.07) is 10.0. The van der Waals surface area contributed by atoms with Gasteiger partial charge < -0.3 is 10.0 Å². The van der Waals surface area contributed by atoms with Crippen LogP contribution in [0.3, 0.4) is 0 Å². The van der Waals surface area contributed by atoms with Gasteiger partial charge >= 0.3 is 5.97 Å². The number of benzene rings is 1. The normalized spacial score (nSPS) is 12.7. The van der Waals surface area contributed by atoms with E-state index in [1.54, 1.807) is 0 Å². The fourth-order valence-corrected chi connectivity index (χ4v) is 1.53. The summed E-state index contributed by atoms with van der Waals surface area (Å²) in [4.78, 5) is 12.6. The van der Waals surface area contributed by atoms with Crippen LogP contribution < -0.4 is 0 Å². The van der Waals surface area contributed by atoms with Crippen LogP contribution in [0.4, 0.5) is 0 Å². The number of carbonyl (C=O) groups is 1. The van der Waals surface area contributed by atoms with Gasteiger partial charge in [-0.15, -0.1) is 0 Å². The molecule has 0 saturated heterocycles. The van der Waals surface area contributed by atoms with E-state index in [0.29, 0.717) is 0 Å². The number of nitrogens with zero attached hydrogens (tertiary/aromatic N) is 1. The van der Waals surface area contributed by atoms with E-state index in [4.69, 9.17) is 5.11 Å². The molecule has 0 radical (unpaired) electrons. The third-order valence-corrected chi connectivity index (χ3v) is 2.45. The van der Waals surface area contributed by atoms with Gasteiger partial charge in [0, 0.05) is 6.04 Å². The van der Waals surface area contributed by atoms with E-state index >= 15 is 0 Å². The second-order valence-corrected chi connectivity index (χ2v) is 3.91. The van der Waals surface area contributed by atoms with Gasteiger partial charge in [0.1, 0.15) is 0 Å². The van der Waals surface area contributed by atoms with Gasteiger partial charge in [-0.25, -0.2) is 0 Å². The smallest absolute Gasteiger partial charge is 0.304 e. The Labute approximate surface area is 90.3 Å². The Morgan fingerprint density at radius 2 is 1.93 bits per heavy atom. The lowest BCUT2D eigenvalue weighted by atomic mass is 10.0. The molecule has 1 unspecified atom stereocenters. The van der Waals surface area contributed by atoms with Crippen molar-refractivity contribution in [2.75, 3.05) is 14.1 Å². The highest BCUT2D eigenvalue weighted by atomic mass is 16.4. The SMILES string of the molecule is CN(C)C(CC(=O)O)Cc1ccccc1. The molecule has 0 aromatic heterocycles. The zero-order valence-corrected chi connectivity index (χ0v) is 9.18. The number of likely N-dealkylation sites (N-methyl/N-ethyl adjacent to an activating group) is 1. The van der Waals surface area contributed by atoms with Crippen LogP contribution in [0.25, 0.3) is 0 Å². The first kappa shape index (κ1) is 11.7. The molecular formula is C12H17NO2. The molecule has 0 heterocycles. The van der Waals surface area contributed by atoms with Gasteiger partial charge in [0.05, 0.1) is 6.42 Å². The van der Waals surface area contributed by atoms with E-state index in [9.17, 15) is 4.79 Å². The van der Waals surface area contributed by atoms with Crippen LogP contribution in [-0.4, -0.2) is 36.1 Å². The Balaban J connectivity index is 2.63. The Kier molecular flexibility index (Phi) is 4.31. The molecule has 82 valence electrons. The predicted octanol–water partition coefficient (Wildman–Crippen LogP) is 1.63. The van der Waals surface area contributed by atoms with E-state index in [1.807, 2.05) is 49.3 Å². The fraction of sp³-hybridized carbons (Fsp3) is 0.417. The van der Waals surface area contributed by atoms with Crippen molar-refractivity contribution in [3.8, 4) is 0 Å². The summed E-state index contributed by atoms with van der Waals surface area (Å²) in [5.41, 5.74) is 1.18. The van der Waals surface area contributed by atoms with Gasteiger partial charge in [-0.2, -0.15) is 0 Å². The summed E-state index contributed by atoms with van der Waals surface area (Å²) in [6.07, 6.45) is 0.960. The van der Waals surface area contributed by atoms with E-state index in [0.717, 1.165) is 6.42 Å². The molecule has 0 saturated carbocycles. The van der Waals surface area contributed by atoms with Crippen molar-refractivity contribution in [1.29, 1.82) is 0 Å². The third kappa shape index (κ3) is 4.13. The summed E-state index contributed by atoms with van der Waals surface area (Å²) in [7, 11) is 3.83. The van der Waals surface area contributed by atoms with Crippen LogP contribution in [0.2, 0.25) is 0 Å². The van der Waals surface area contributed by atoms with Crippen molar-refractivity contribution in [2.24, 2.45) is 0 Å². The van der Waals surface area contributed by atoms with Crippen molar-refractivity contribution in [1.82, 2.24) is 4.90 Å². The summed E-state index contributed by atoms with van der Waals surface area (Å²) >= 11 is 0. The van der Waals surface area contributed by atoms with E-state index in [1.165, 1.54) is 5.56 Å². The lowest BCUT2D eigenvalue weighted by Gasteiger charge is -2.22. The number of rotatable bonds is 5. The second kappa shape index (κ2) is 5.51. The van der Waals surface area contributed by atoms with Crippen molar-refractivity contribution in [3.05, 3.63) is 35.9 Å². The van der Waals surface area contributed by atoms with Crippen LogP contribution in [0.5, 0.6) is 0 Å². The van der Waals surface area contributed by atoms with Crippen LogP contribution in [0.15, 0.2) is 30.3 Å². The minimum absolute atomic E-state index is 0.0601. The molecule has 1 N–H and O–H groups in total. The van der Waals surface area contributed by atoms with Crippen molar-refractivity contribution in [3.63, 3.8) is 0 Å². The predicted molar refractivity (Wildman–Crippen MR) is 59.9 cm³/mol. The van der Waals surface area contributed by atoms with Gasteiger partial charge in [-0.05, 0) is 26.1 Å². The van der Waals surface area contributed by atoms with Crippen molar-refractivity contribution < 1.29 is 9.90 Å². The molecule has 1 rings (SSSR count). The molecule has 0 aliphatic carbocycles. The average Bonchev–Trinajstić information content (AvgIpc) is 2.17. The van der Waals surface area contributed by atoms with Crippen LogP contribution in [0.1, 0.15) is 12.0 Å². The number of carboxylic acids is 1. The third-order valence-electron chi connectivity index (χ3n) is 2.45. The summed E-state index contributed by atoms with van der Waals surface area (Å²) in [5, 5.41) is 8.78. The summed E-state index contributed by atoms with van der Waals surface area (Å²) < 4.78 is 0. The summed E-state index contributed by atoms with van der Waals surface area (Å²) in [5.74, 6) is -0.746. The number of hydrogen-bond acceptors (Lipinski definition) is 2. The Morgan fingerprint density at radius 1 is 1.33 bits per heavy atom. The average molecular weight is 207 g/mol. The molecule has 1 aromatic carbocycles. The molecule has 3 heteroatoms. The zero-order chi connectivity index (χ0) is 11.3. The first-order chi connectivity index (χ1) is 7.09. The Hall–Kier alpha value is -1.35. The largest absolute Gasteiger partial charge is 0.481 e. The highest BCUT2D eigenvalue weighted by Gasteiger charge is 2.15. The second-order valence-electron chi connectivity index (χ2n) is 3.91. The van der Waals surface area contributed by atoms with Gasteiger partial charge in [-0.3, -0.25) is 4.79 Å². The maximum absolute atomic E-state index is 10.7. The fourth-order valence-electron chi connectivity index (χ4n) is 1.53. The zero-order valence-electron chi connectivity index (χ0n) is 9.18.